The summed E-state index contributed by atoms with van der Waals surface area (Å²) in [6.07, 6.45) is -0.382. The Hall–Kier alpha value is -2.58. The molecule has 1 aliphatic carbocycles. The highest BCUT2D eigenvalue weighted by Gasteiger charge is 2.47. The number of methoxy groups -OCH3 is 1. The van der Waals surface area contributed by atoms with Crippen molar-refractivity contribution in [3.05, 3.63) is 46.9 Å². The van der Waals surface area contributed by atoms with Crippen molar-refractivity contribution < 1.29 is 32.9 Å². The second kappa shape index (κ2) is 10.1. The maximum Gasteiger partial charge on any atom is 0.178 e. The third kappa shape index (κ3) is 4.39. The van der Waals surface area contributed by atoms with Gasteiger partial charge in [0, 0.05) is 25.3 Å². The van der Waals surface area contributed by atoms with E-state index in [4.69, 9.17) is 21.1 Å². The second-order valence-electron chi connectivity index (χ2n) is 8.94. The first kappa shape index (κ1) is 25.1. The van der Waals surface area contributed by atoms with E-state index in [-0.39, 0.29) is 28.7 Å². The van der Waals surface area contributed by atoms with Crippen LogP contribution in [0.2, 0.25) is 5.02 Å². The van der Waals surface area contributed by atoms with Crippen LogP contribution in [0, 0.1) is 11.6 Å². The zero-order valence-electron chi connectivity index (χ0n) is 19.1. The Kier molecular flexibility index (Phi) is 7.01. The van der Waals surface area contributed by atoms with Gasteiger partial charge in [-0.25, -0.2) is 22.5 Å². The molecule has 0 spiro atoms. The largest absolute Gasteiger partial charge is 0.394 e. The third-order valence-corrected chi connectivity index (χ3v) is 7.12. The van der Waals surface area contributed by atoms with Crippen LogP contribution in [0.3, 0.4) is 0 Å². The number of hydrogen-bond donors (Lipinski definition) is 2. The molecule has 1 saturated carbocycles. The number of hydrogen-bond acceptors (Lipinski definition) is 8. The molecule has 36 heavy (non-hydrogen) atoms. The van der Waals surface area contributed by atoms with Gasteiger partial charge in [-0.2, -0.15) is 0 Å². The highest BCUT2D eigenvalue weighted by Crippen LogP contribution is 2.36. The monoisotopic (exact) mass is 528 g/mol. The van der Waals surface area contributed by atoms with E-state index in [1.54, 1.807) is 6.20 Å². The fraction of sp³-hybridized carbons (Fsp3) is 0.545. The number of aliphatic hydroxyl groups excluding tert-OH is 2. The van der Waals surface area contributed by atoms with Crippen molar-refractivity contribution in [1.29, 1.82) is 0 Å². The smallest absolute Gasteiger partial charge is 0.178 e. The summed E-state index contributed by atoms with van der Waals surface area (Å²) in [7, 11) is 1.42. The van der Waals surface area contributed by atoms with Crippen molar-refractivity contribution in [3.8, 4) is 11.3 Å². The van der Waals surface area contributed by atoms with Gasteiger partial charge in [0.2, 0.25) is 0 Å². The lowest BCUT2D eigenvalue weighted by Crippen LogP contribution is -2.57. The SMILES string of the molecule is CO[C@@H]1[C@@H](n2cc(-c3ccc(Cl)c(F)c3F)nn2)[C@@H](O)[C@@H](CO)O[C@@H]1Cc1cn([C@@H]2CC[C@@H]2F)nn1. The molecule has 10 nitrogen and oxygen atoms in total. The summed E-state index contributed by atoms with van der Waals surface area (Å²) in [5.74, 6) is -2.39. The molecular weight excluding hydrogens is 505 g/mol. The van der Waals surface area contributed by atoms with Crippen LogP contribution in [0.4, 0.5) is 13.2 Å². The molecule has 2 N–H and O–H groups in total. The molecule has 194 valence electrons. The highest BCUT2D eigenvalue weighted by molar-refractivity contribution is 6.30. The van der Waals surface area contributed by atoms with Gasteiger partial charge in [-0.1, -0.05) is 22.0 Å². The van der Waals surface area contributed by atoms with Crippen molar-refractivity contribution in [3.63, 3.8) is 0 Å². The quantitative estimate of drug-likeness (QED) is 0.447. The van der Waals surface area contributed by atoms with Gasteiger partial charge < -0.3 is 19.7 Å². The highest BCUT2D eigenvalue weighted by atomic mass is 35.5. The standard InChI is InChI=1S/C22H24ClF3N6O4/c1-35-22-16(6-10-7-31(29-27-10)15-5-4-13(15)24)36-17(9-33)21(34)20(22)32-8-14(28-30-32)11-2-3-12(23)19(26)18(11)25/h2-3,7-8,13,15-17,20-22,33-34H,4-6,9H2,1H3/t13-,15+,16+,17+,20-,21-,22-/m0/s1. The lowest BCUT2D eigenvalue weighted by atomic mass is 9.90. The van der Waals surface area contributed by atoms with Gasteiger partial charge >= 0.3 is 0 Å². The summed E-state index contributed by atoms with van der Waals surface area (Å²) < 4.78 is 56.5. The minimum absolute atomic E-state index is 0.0120. The summed E-state index contributed by atoms with van der Waals surface area (Å²) in [6, 6.07) is 1.23. The second-order valence-corrected chi connectivity index (χ2v) is 9.35. The molecule has 5 rings (SSSR count). The zero-order valence-corrected chi connectivity index (χ0v) is 19.8. The lowest BCUT2D eigenvalue weighted by molar-refractivity contribution is -0.212. The first-order valence-corrected chi connectivity index (χ1v) is 11.8. The molecule has 2 aliphatic rings. The van der Waals surface area contributed by atoms with Gasteiger partial charge in [0.15, 0.2) is 11.6 Å². The average Bonchev–Trinajstić information content (AvgIpc) is 3.52. The van der Waals surface area contributed by atoms with Crippen molar-refractivity contribution in [2.45, 2.75) is 61.9 Å². The van der Waals surface area contributed by atoms with Crippen LogP contribution in [0.15, 0.2) is 24.5 Å². The maximum atomic E-state index is 14.5. The number of nitrogens with zero attached hydrogens (tertiary/aromatic N) is 6. The van der Waals surface area contributed by atoms with E-state index in [0.29, 0.717) is 18.5 Å². The Morgan fingerprint density at radius 2 is 1.89 bits per heavy atom. The maximum absolute atomic E-state index is 14.5. The van der Waals surface area contributed by atoms with Crippen LogP contribution < -0.4 is 0 Å². The number of benzene rings is 1. The molecule has 2 fully saturated rings. The van der Waals surface area contributed by atoms with Crippen molar-refractivity contribution in [1.82, 2.24) is 30.0 Å². The van der Waals surface area contributed by atoms with E-state index < -0.39 is 54.9 Å². The van der Waals surface area contributed by atoms with E-state index >= 15 is 0 Å². The third-order valence-electron chi connectivity index (χ3n) is 6.83. The van der Waals surface area contributed by atoms with Gasteiger partial charge in [-0.3, -0.25) is 0 Å². The number of aliphatic hydroxyl groups is 2. The molecule has 0 amide bonds. The normalized spacial score (nSPS) is 30.4. The van der Waals surface area contributed by atoms with Gasteiger partial charge in [-0.15, -0.1) is 10.2 Å². The van der Waals surface area contributed by atoms with Crippen molar-refractivity contribution in [2.75, 3.05) is 13.7 Å². The number of rotatable bonds is 7. The number of ether oxygens (including phenoxy) is 2. The van der Waals surface area contributed by atoms with Crippen molar-refractivity contribution >= 4 is 11.6 Å². The molecule has 3 aromatic rings. The van der Waals surface area contributed by atoms with E-state index in [1.165, 1.54) is 34.8 Å². The summed E-state index contributed by atoms with van der Waals surface area (Å²) in [5.41, 5.74) is 0.372. The lowest BCUT2D eigenvalue weighted by Gasteiger charge is -2.43. The molecule has 2 aromatic heterocycles. The molecule has 0 bridgehead atoms. The van der Waals surface area contributed by atoms with Gasteiger partial charge in [0.05, 0.1) is 35.7 Å². The van der Waals surface area contributed by atoms with Crippen LogP contribution in [0.1, 0.15) is 30.6 Å². The van der Waals surface area contributed by atoms with Crippen LogP contribution in [-0.2, 0) is 15.9 Å². The molecule has 0 radical (unpaired) electrons. The number of alkyl halides is 1. The summed E-state index contributed by atoms with van der Waals surface area (Å²) in [4.78, 5) is 0. The zero-order chi connectivity index (χ0) is 25.6. The predicted octanol–water partition coefficient (Wildman–Crippen LogP) is 2.06. The Morgan fingerprint density at radius 3 is 2.56 bits per heavy atom. The Morgan fingerprint density at radius 1 is 1.11 bits per heavy atom. The predicted molar refractivity (Wildman–Crippen MR) is 119 cm³/mol. The minimum Gasteiger partial charge on any atom is -0.394 e. The number of aromatic nitrogens is 6. The van der Waals surface area contributed by atoms with Gasteiger partial charge in [0.25, 0.3) is 0 Å². The van der Waals surface area contributed by atoms with Crippen LogP contribution in [0.25, 0.3) is 11.3 Å². The Bertz CT molecular complexity index is 1230. The summed E-state index contributed by atoms with van der Waals surface area (Å²) >= 11 is 5.64. The summed E-state index contributed by atoms with van der Waals surface area (Å²) in [5, 5.41) is 36.5. The van der Waals surface area contributed by atoms with Crippen LogP contribution in [-0.4, -0.2) is 84.5 Å². The molecule has 14 heteroatoms. The molecule has 3 heterocycles. The summed E-state index contributed by atoms with van der Waals surface area (Å²) in [6.45, 7) is -0.499. The van der Waals surface area contributed by atoms with Crippen LogP contribution in [0.5, 0.6) is 0 Å². The van der Waals surface area contributed by atoms with E-state index in [0.717, 1.165) is 0 Å². The molecular formula is C22H24ClF3N6O4. The van der Waals surface area contributed by atoms with Gasteiger partial charge in [0.1, 0.15) is 36.2 Å². The number of halogens is 4. The Balaban J connectivity index is 1.42. The molecule has 1 aliphatic heterocycles. The Labute approximate surface area is 208 Å². The van der Waals surface area contributed by atoms with E-state index in [1.807, 2.05) is 0 Å². The fourth-order valence-corrected chi connectivity index (χ4v) is 4.86. The minimum atomic E-state index is -1.27. The molecule has 7 atom stereocenters. The molecule has 0 unspecified atom stereocenters. The molecule has 1 aromatic carbocycles. The first-order chi connectivity index (χ1) is 17.3. The van der Waals surface area contributed by atoms with Gasteiger partial charge in [-0.05, 0) is 25.0 Å². The van der Waals surface area contributed by atoms with Crippen LogP contribution >= 0.6 is 11.6 Å². The first-order valence-electron chi connectivity index (χ1n) is 11.4. The average molecular weight is 529 g/mol. The fourth-order valence-electron chi connectivity index (χ4n) is 4.71. The van der Waals surface area contributed by atoms with E-state index in [2.05, 4.69) is 20.6 Å². The van der Waals surface area contributed by atoms with Crippen molar-refractivity contribution in [2.24, 2.45) is 0 Å². The van der Waals surface area contributed by atoms with E-state index in [9.17, 15) is 23.4 Å². The molecule has 1 saturated heterocycles. The topological polar surface area (TPSA) is 120 Å².